The molecule has 1 aliphatic heterocycles. The Labute approximate surface area is 106 Å². The monoisotopic (exact) mass is 251 g/mol. The Hall–Kier alpha value is -1.26. The largest absolute Gasteiger partial charge is 0.381 e. The summed E-state index contributed by atoms with van der Waals surface area (Å²) in [5.74, 6) is -0.437. The molecule has 1 fully saturated rings. The van der Waals surface area contributed by atoms with Gasteiger partial charge in [-0.2, -0.15) is 0 Å². The van der Waals surface area contributed by atoms with Crippen LogP contribution in [-0.4, -0.2) is 25.5 Å². The lowest BCUT2D eigenvalue weighted by molar-refractivity contribution is 0.0200. The summed E-state index contributed by atoms with van der Waals surface area (Å²) < 4.78 is 18.6. The van der Waals surface area contributed by atoms with Crippen molar-refractivity contribution in [3.63, 3.8) is 0 Å². The molecule has 1 aromatic rings. The zero-order valence-electron chi connectivity index (χ0n) is 10.5. The molecule has 3 nitrogen and oxygen atoms in total. The van der Waals surface area contributed by atoms with Crippen molar-refractivity contribution in [1.82, 2.24) is 0 Å². The van der Waals surface area contributed by atoms with E-state index in [4.69, 9.17) is 10.5 Å². The molecule has 0 aromatic heterocycles. The van der Waals surface area contributed by atoms with E-state index in [0.717, 1.165) is 5.56 Å². The van der Waals surface area contributed by atoms with Crippen LogP contribution in [0.15, 0.2) is 18.2 Å². The van der Waals surface area contributed by atoms with Crippen LogP contribution in [0.2, 0.25) is 0 Å². The first-order valence-electron chi connectivity index (χ1n) is 6.18. The van der Waals surface area contributed by atoms with Crippen LogP contribution >= 0.6 is 0 Å². The second-order valence-corrected chi connectivity index (χ2v) is 4.89. The van der Waals surface area contributed by atoms with Crippen LogP contribution in [0.1, 0.15) is 28.8 Å². The number of nitrogens with two attached hydrogens (primary N) is 1. The van der Waals surface area contributed by atoms with Gasteiger partial charge in [-0.05, 0) is 37.5 Å². The van der Waals surface area contributed by atoms with Crippen LogP contribution in [0.25, 0.3) is 0 Å². The Morgan fingerprint density at radius 2 is 2.11 bits per heavy atom. The highest BCUT2D eigenvalue weighted by atomic mass is 19.1. The number of benzene rings is 1. The molecule has 98 valence electrons. The van der Waals surface area contributed by atoms with Crippen molar-refractivity contribution < 1.29 is 13.9 Å². The zero-order chi connectivity index (χ0) is 13.2. The summed E-state index contributed by atoms with van der Waals surface area (Å²) in [5.41, 5.74) is 6.45. The van der Waals surface area contributed by atoms with Gasteiger partial charge in [0.1, 0.15) is 5.82 Å². The van der Waals surface area contributed by atoms with Crippen LogP contribution in [0.4, 0.5) is 4.39 Å². The van der Waals surface area contributed by atoms with Crippen molar-refractivity contribution >= 4 is 5.78 Å². The molecule has 0 atom stereocenters. The van der Waals surface area contributed by atoms with Gasteiger partial charge in [0.2, 0.25) is 0 Å². The zero-order valence-corrected chi connectivity index (χ0v) is 10.5. The number of carbonyl (C=O) groups is 1. The SMILES string of the molecule is Cc1ccc(F)cc1C(=O)C1(CN)CCOCC1. The van der Waals surface area contributed by atoms with Crippen LogP contribution in [0.3, 0.4) is 0 Å². The molecule has 1 heterocycles. The van der Waals surface area contributed by atoms with Crippen molar-refractivity contribution in [3.05, 3.63) is 35.1 Å². The van der Waals surface area contributed by atoms with E-state index >= 15 is 0 Å². The van der Waals surface area contributed by atoms with Gasteiger partial charge in [0.25, 0.3) is 0 Å². The number of Topliss-reactive ketones (excluding diaryl/α,β-unsaturated/α-hetero) is 1. The molecule has 1 aromatic carbocycles. The predicted molar refractivity (Wildman–Crippen MR) is 67.0 cm³/mol. The molecule has 0 saturated carbocycles. The highest BCUT2D eigenvalue weighted by Gasteiger charge is 2.39. The summed E-state index contributed by atoms with van der Waals surface area (Å²) in [4.78, 5) is 12.6. The third-order valence-corrected chi connectivity index (χ3v) is 3.77. The number of hydrogen-bond acceptors (Lipinski definition) is 3. The molecule has 18 heavy (non-hydrogen) atoms. The van der Waals surface area contributed by atoms with Gasteiger partial charge in [0.15, 0.2) is 5.78 Å². The third-order valence-electron chi connectivity index (χ3n) is 3.77. The summed E-state index contributed by atoms with van der Waals surface area (Å²) in [6, 6.07) is 4.31. The fourth-order valence-corrected chi connectivity index (χ4v) is 2.41. The first-order chi connectivity index (χ1) is 8.59. The van der Waals surface area contributed by atoms with E-state index in [1.54, 1.807) is 6.07 Å². The summed E-state index contributed by atoms with van der Waals surface area (Å²) in [6.07, 6.45) is 1.22. The Kier molecular flexibility index (Phi) is 3.78. The Morgan fingerprint density at radius 1 is 1.44 bits per heavy atom. The maximum Gasteiger partial charge on any atom is 0.170 e. The molecule has 4 heteroatoms. The number of rotatable bonds is 3. The fourth-order valence-electron chi connectivity index (χ4n) is 2.41. The Bertz CT molecular complexity index is 453. The standard InChI is InChI=1S/C14H18FNO2/c1-10-2-3-11(15)8-12(10)13(17)14(9-16)4-6-18-7-5-14/h2-3,8H,4-7,9,16H2,1H3. The van der Waals surface area contributed by atoms with Gasteiger partial charge in [-0.25, -0.2) is 4.39 Å². The third kappa shape index (κ3) is 2.31. The molecule has 0 bridgehead atoms. The average Bonchev–Trinajstić information content (AvgIpc) is 2.41. The molecule has 1 aliphatic rings. The predicted octanol–water partition coefficient (Wildman–Crippen LogP) is 2.07. The van der Waals surface area contributed by atoms with Gasteiger partial charge >= 0.3 is 0 Å². The van der Waals surface area contributed by atoms with Crippen LogP contribution in [0.5, 0.6) is 0 Å². The first kappa shape index (κ1) is 13.2. The molecule has 2 rings (SSSR count). The Balaban J connectivity index is 2.36. The Morgan fingerprint density at radius 3 is 2.72 bits per heavy atom. The quantitative estimate of drug-likeness (QED) is 0.837. The maximum atomic E-state index is 13.3. The molecule has 2 N–H and O–H groups in total. The van der Waals surface area contributed by atoms with E-state index in [0.29, 0.717) is 31.6 Å². The number of hydrogen-bond donors (Lipinski definition) is 1. The lowest BCUT2D eigenvalue weighted by atomic mass is 9.73. The maximum absolute atomic E-state index is 13.3. The fraction of sp³-hybridized carbons (Fsp3) is 0.500. The van der Waals surface area contributed by atoms with E-state index in [1.807, 2.05) is 6.92 Å². The van der Waals surface area contributed by atoms with E-state index in [-0.39, 0.29) is 18.1 Å². The lowest BCUT2D eigenvalue weighted by Crippen LogP contribution is -2.43. The van der Waals surface area contributed by atoms with E-state index < -0.39 is 5.41 Å². The van der Waals surface area contributed by atoms with Gasteiger partial charge in [0, 0.05) is 25.3 Å². The minimum Gasteiger partial charge on any atom is -0.381 e. The van der Waals surface area contributed by atoms with Gasteiger partial charge in [-0.3, -0.25) is 4.79 Å². The average molecular weight is 251 g/mol. The molecule has 0 amide bonds. The van der Waals surface area contributed by atoms with Gasteiger partial charge in [0.05, 0.1) is 5.41 Å². The van der Waals surface area contributed by atoms with Gasteiger partial charge in [-0.1, -0.05) is 6.07 Å². The molecular weight excluding hydrogens is 233 g/mol. The molecule has 0 spiro atoms. The smallest absolute Gasteiger partial charge is 0.170 e. The van der Waals surface area contributed by atoms with Crippen LogP contribution in [-0.2, 0) is 4.74 Å². The van der Waals surface area contributed by atoms with Crippen molar-refractivity contribution in [1.29, 1.82) is 0 Å². The summed E-state index contributed by atoms with van der Waals surface area (Å²) in [5, 5.41) is 0. The molecular formula is C14H18FNO2. The first-order valence-corrected chi connectivity index (χ1v) is 6.18. The minimum absolute atomic E-state index is 0.0506. The minimum atomic E-state index is -0.587. The number of aryl methyl sites for hydroxylation is 1. The second kappa shape index (κ2) is 5.16. The number of ketones is 1. The van der Waals surface area contributed by atoms with E-state index in [9.17, 15) is 9.18 Å². The molecule has 0 aliphatic carbocycles. The summed E-state index contributed by atoms with van der Waals surface area (Å²) >= 11 is 0. The molecule has 1 saturated heterocycles. The van der Waals surface area contributed by atoms with Crippen LogP contribution in [0, 0.1) is 18.2 Å². The summed E-state index contributed by atoms with van der Waals surface area (Å²) in [6.45, 7) is 3.18. The van der Waals surface area contributed by atoms with Crippen molar-refractivity contribution in [3.8, 4) is 0 Å². The highest BCUT2D eigenvalue weighted by molar-refractivity contribution is 6.02. The number of halogens is 1. The van der Waals surface area contributed by atoms with Crippen molar-refractivity contribution in [2.24, 2.45) is 11.1 Å². The van der Waals surface area contributed by atoms with E-state index in [1.165, 1.54) is 12.1 Å². The highest BCUT2D eigenvalue weighted by Crippen LogP contribution is 2.34. The van der Waals surface area contributed by atoms with Crippen molar-refractivity contribution in [2.75, 3.05) is 19.8 Å². The normalized spacial score (nSPS) is 18.6. The van der Waals surface area contributed by atoms with Gasteiger partial charge in [-0.15, -0.1) is 0 Å². The molecule has 0 radical (unpaired) electrons. The number of carbonyl (C=O) groups excluding carboxylic acids is 1. The van der Waals surface area contributed by atoms with Crippen molar-refractivity contribution in [2.45, 2.75) is 19.8 Å². The molecule has 0 unspecified atom stereocenters. The number of ether oxygens (including phenoxy) is 1. The lowest BCUT2D eigenvalue weighted by Gasteiger charge is -2.35. The second-order valence-electron chi connectivity index (χ2n) is 4.89. The summed E-state index contributed by atoms with van der Waals surface area (Å²) in [7, 11) is 0. The topological polar surface area (TPSA) is 52.3 Å². The van der Waals surface area contributed by atoms with E-state index in [2.05, 4.69) is 0 Å². The van der Waals surface area contributed by atoms with Crippen LogP contribution < -0.4 is 5.73 Å². The van der Waals surface area contributed by atoms with Gasteiger partial charge < -0.3 is 10.5 Å².